The van der Waals surface area contributed by atoms with Crippen LogP contribution >= 0.6 is 0 Å². The number of carbonyl (C=O) groups excluding carboxylic acids is 1. The first-order valence-corrected chi connectivity index (χ1v) is 2.56. The van der Waals surface area contributed by atoms with E-state index in [1.807, 2.05) is 0 Å². The maximum Gasteiger partial charge on any atom is 0.315 e. The van der Waals surface area contributed by atoms with Crippen LogP contribution in [0.15, 0.2) is 0 Å². The Morgan fingerprint density at radius 3 is 2.50 bits per heavy atom. The molecule has 0 aliphatic heterocycles. The first-order valence-electron chi connectivity index (χ1n) is 2.56. The predicted octanol–water partition coefficient (Wildman–Crippen LogP) is 0.280. The lowest BCUT2D eigenvalue weighted by atomic mass is 10.4. The van der Waals surface area contributed by atoms with Gasteiger partial charge in [-0.3, -0.25) is 4.79 Å². The molecule has 0 aromatic heterocycles. The van der Waals surface area contributed by atoms with Crippen LogP contribution in [0.2, 0.25) is 0 Å². The lowest BCUT2D eigenvalue weighted by molar-refractivity contribution is -0.132. The summed E-state index contributed by atoms with van der Waals surface area (Å²) in [6.07, 6.45) is -3.05. The smallest absolute Gasteiger partial charge is 0.315 e. The van der Waals surface area contributed by atoms with Crippen molar-refractivity contribution in [3.63, 3.8) is 0 Å². The molecule has 1 unspecified atom stereocenters. The Labute approximate surface area is 56.6 Å². The summed E-state index contributed by atoms with van der Waals surface area (Å²) in [5.74, 6) is -1.41. The molecule has 1 amide bonds. The fourth-order valence-corrected chi connectivity index (χ4v) is 0.309. The van der Waals surface area contributed by atoms with Gasteiger partial charge in [-0.15, -0.1) is 0 Å². The molecule has 10 heavy (non-hydrogen) atoms. The molecule has 0 radical (unpaired) electrons. The van der Waals surface area contributed by atoms with E-state index in [4.69, 9.17) is 5.26 Å². The SMILES string of the molecule is CC(C#N)NC(=O)C(F)F. The van der Waals surface area contributed by atoms with E-state index in [0.717, 1.165) is 0 Å². The summed E-state index contributed by atoms with van der Waals surface area (Å²) in [6, 6.07) is 0.726. The van der Waals surface area contributed by atoms with Gasteiger partial charge in [-0.2, -0.15) is 14.0 Å². The summed E-state index contributed by atoms with van der Waals surface area (Å²) in [5, 5.41) is 9.83. The van der Waals surface area contributed by atoms with Gasteiger partial charge in [0.2, 0.25) is 0 Å². The molecule has 5 heteroatoms. The number of hydrogen-bond donors (Lipinski definition) is 1. The van der Waals surface area contributed by atoms with Gasteiger partial charge in [0.25, 0.3) is 5.91 Å². The summed E-state index contributed by atoms with van der Waals surface area (Å²) >= 11 is 0. The summed E-state index contributed by atoms with van der Waals surface area (Å²) in [5.41, 5.74) is 0. The fourth-order valence-electron chi connectivity index (χ4n) is 0.309. The molecule has 0 heterocycles. The summed E-state index contributed by atoms with van der Waals surface area (Å²) in [7, 11) is 0. The zero-order chi connectivity index (χ0) is 8.15. The molecule has 0 saturated heterocycles. The first-order chi connectivity index (χ1) is 4.57. The molecule has 0 rings (SSSR count). The lowest BCUT2D eigenvalue weighted by Gasteiger charge is -2.03. The maximum atomic E-state index is 11.4. The van der Waals surface area contributed by atoms with Gasteiger partial charge in [-0.1, -0.05) is 0 Å². The van der Waals surface area contributed by atoms with Crippen molar-refractivity contribution in [3.8, 4) is 6.07 Å². The Bertz CT molecular complexity index is 164. The molecule has 0 aromatic carbocycles. The van der Waals surface area contributed by atoms with Gasteiger partial charge < -0.3 is 5.32 Å². The van der Waals surface area contributed by atoms with E-state index >= 15 is 0 Å². The number of halogens is 2. The second-order valence-electron chi connectivity index (χ2n) is 1.66. The van der Waals surface area contributed by atoms with Crippen molar-refractivity contribution in [2.75, 3.05) is 0 Å². The van der Waals surface area contributed by atoms with Gasteiger partial charge in [0.05, 0.1) is 6.07 Å². The monoisotopic (exact) mass is 148 g/mol. The van der Waals surface area contributed by atoms with Crippen LogP contribution in [0.3, 0.4) is 0 Å². The Morgan fingerprint density at radius 2 is 2.20 bits per heavy atom. The summed E-state index contributed by atoms with van der Waals surface area (Å²) in [6.45, 7) is 1.32. The molecule has 0 aliphatic carbocycles. The van der Waals surface area contributed by atoms with Crippen molar-refractivity contribution in [3.05, 3.63) is 0 Å². The Hall–Kier alpha value is -1.18. The predicted molar refractivity (Wildman–Crippen MR) is 29.2 cm³/mol. The van der Waals surface area contributed by atoms with E-state index in [-0.39, 0.29) is 0 Å². The van der Waals surface area contributed by atoms with Crippen LogP contribution in [-0.4, -0.2) is 18.4 Å². The second-order valence-corrected chi connectivity index (χ2v) is 1.66. The van der Waals surface area contributed by atoms with Crippen LogP contribution in [0.25, 0.3) is 0 Å². The molecular formula is C5H6F2N2O. The fraction of sp³-hybridized carbons (Fsp3) is 0.600. The zero-order valence-corrected chi connectivity index (χ0v) is 5.27. The third-order valence-corrected chi connectivity index (χ3v) is 0.751. The Kier molecular flexibility index (Phi) is 3.33. The van der Waals surface area contributed by atoms with Crippen molar-refractivity contribution < 1.29 is 13.6 Å². The number of amides is 1. The van der Waals surface area contributed by atoms with Crippen LogP contribution in [0, 0.1) is 11.3 Å². The molecule has 0 fully saturated rings. The number of nitrogens with zero attached hydrogens (tertiary/aromatic N) is 1. The zero-order valence-electron chi connectivity index (χ0n) is 5.27. The first kappa shape index (κ1) is 8.82. The van der Waals surface area contributed by atoms with Gasteiger partial charge in [-0.05, 0) is 6.92 Å². The van der Waals surface area contributed by atoms with Gasteiger partial charge in [-0.25, -0.2) is 0 Å². The van der Waals surface area contributed by atoms with Crippen LogP contribution in [0.1, 0.15) is 6.92 Å². The summed E-state index contributed by atoms with van der Waals surface area (Å²) in [4.78, 5) is 10.1. The largest absolute Gasteiger partial charge is 0.336 e. The van der Waals surface area contributed by atoms with Crippen LogP contribution in [0.5, 0.6) is 0 Å². The molecule has 1 N–H and O–H groups in total. The minimum atomic E-state index is -3.05. The normalized spacial score (nSPS) is 12.3. The number of carbonyl (C=O) groups is 1. The van der Waals surface area contributed by atoms with Crippen molar-refractivity contribution >= 4 is 5.91 Å². The lowest BCUT2D eigenvalue weighted by Crippen LogP contribution is -2.35. The highest BCUT2D eigenvalue weighted by molar-refractivity contribution is 5.79. The topological polar surface area (TPSA) is 52.9 Å². The molecule has 0 aliphatic rings. The van der Waals surface area contributed by atoms with Crippen molar-refractivity contribution in [1.82, 2.24) is 5.32 Å². The Balaban J connectivity index is 3.71. The standard InChI is InChI=1S/C5H6F2N2O/c1-3(2-8)9-5(10)4(6)7/h3-4H,1H3,(H,9,10). The number of nitrogens with one attached hydrogen (secondary N) is 1. The van der Waals surface area contributed by atoms with Gasteiger partial charge in [0.1, 0.15) is 6.04 Å². The molecule has 56 valence electrons. The van der Waals surface area contributed by atoms with E-state index < -0.39 is 18.4 Å². The van der Waals surface area contributed by atoms with Crippen LogP contribution < -0.4 is 5.32 Å². The third kappa shape index (κ3) is 2.97. The average Bonchev–Trinajstić information content (AvgIpc) is 1.87. The van der Waals surface area contributed by atoms with Crippen LogP contribution in [0.4, 0.5) is 8.78 Å². The molecule has 0 aromatic rings. The van der Waals surface area contributed by atoms with E-state index in [9.17, 15) is 13.6 Å². The highest BCUT2D eigenvalue weighted by Gasteiger charge is 2.16. The number of alkyl halides is 2. The van der Waals surface area contributed by atoms with Crippen molar-refractivity contribution in [2.45, 2.75) is 19.4 Å². The van der Waals surface area contributed by atoms with E-state index in [1.54, 1.807) is 11.4 Å². The number of hydrogen-bond acceptors (Lipinski definition) is 2. The van der Waals surface area contributed by atoms with Crippen molar-refractivity contribution in [1.29, 1.82) is 5.26 Å². The second kappa shape index (κ2) is 3.77. The van der Waals surface area contributed by atoms with E-state index in [0.29, 0.717) is 0 Å². The average molecular weight is 148 g/mol. The van der Waals surface area contributed by atoms with E-state index in [1.165, 1.54) is 6.92 Å². The summed E-state index contributed by atoms with van der Waals surface area (Å²) < 4.78 is 22.8. The van der Waals surface area contributed by atoms with E-state index in [2.05, 4.69) is 0 Å². The molecule has 0 saturated carbocycles. The highest BCUT2D eigenvalue weighted by atomic mass is 19.3. The van der Waals surface area contributed by atoms with Crippen molar-refractivity contribution in [2.24, 2.45) is 0 Å². The quantitative estimate of drug-likeness (QED) is 0.611. The van der Waals surface area contributed by atoms with Gasteiger partial charge >= 0.3 is 6.43 Å². The van der Waals surface area contributed by atoms with Crippen LogP contribution in [-0.2, 0) is 4.79 Å². The molecular weight excluding hydrogens is 142 g/mol. The number of nitriles is 1. The minimum absolute atomic E-state index is 0.860. The Morgan fingerprint density at radius 1 is 1.70 bits per heavy atom. The number of rotatable bonds is 2. The maximum absolute atomic E-state index is 11.4. The van der Waals surface area contributed by atoms with Gasteiger partial charge in [0, 0.05) is 0 Å². The minimum Gasteiger partial charge on any atom is -0.336 e. The highest BCUT2D eigenvalue weighted by Crippen LogP contribution is 1.91. The molecule has 0 spiro atoms. The molecule has 1 atom stereocenters. The van der Waals surface area contributed by atoms with Gasteiger partial charge in [0.15, 0.2) is 0 Å². The molecule has 3 nitrogen and oxygen atoms in total. The molecule has 0 bridgehead atoms. The third-order valence-electron chi connectivity index (χ3n) is 0.751.